The van der Waals surface area contributed by atoms with Crippen LogP contribution in [-0.2, 0) is 19.0 Å². The van der Waals surface area contributed by atoms with Gasteiger partial charge >= 0.3 is 0 Å². The number of nitrogens with zero attached hydrogens (tertiary/aromatic N) is 2. The van der Waals surface area contributed by atoms with Gasteiger partial charge < -0.3 is 28.4 Å². The fourth-order valence-corrected chi connectivity index (χ4v) is 5.21. The van der Waals surface area contributed by atoms with E-state index in [0.29, 0.717) is 43.5 Å². The highest BCUT2D eigenvalue weighted by molar-refractivity contribution is 5.87. The van der Waals surface area contributed by atoms with Gasteiger partial charge in [0, 0.05) is 24.8 Å². The van der Waals surface area contributed by atoms with Gasteiger partial charge in [-0.25, -0.2) is 5.01 Å². The van der Waals surface area contributed by atoms with Gasteiger partial charge in [-0.05, 0) is 37.8 Å². The van der Waals surface area contributed by atoms with Crippen molar-refractivity contribution < 1.29 is 33.2 Å². The number of carbonyl (C=O) groups is 1. The summed E-state index contributed by atoms with van der Waals surface area (Å²) in [5.74, 6) is 1.32. The third kappa shape index (κ3) is 5.96. The summed E-state index contributed by atoms with van der Waals surface area (Å²) in [5, 5.41) is 3.98. The Hall–Kier alpha value is -2.33. The summed E-state index contributed by atoms with van der Waals surface area (Å²) >= 11 is 0. The second-order valence-corrected chi connectivity index (χ2v) is 9.03. The molecule has 202 valence electrons. The van der Waals surface area contributed by atoms with Crippen molar-refractivity contribution in [2.75, 3.05) is 54.8 Å². The van der Waals surface area contributed by atoms with Gasteiger partial charge in [-0.3, -0.25) is 9.80 Å². The van der Waals surface area contributed by atoms with E-state index in [1.54, 1.807) is 28.4 Å². The van der Waals surface area contributed by atoms with Crippen molar-refractivity contribution in [1.82, 2.24) is 10.0 Å². The molecule has 2 aliphatic rings. The van der Waals surface area contributed by atoms with Crippen LogP contribution in [0.5, 0.6) is 17.2 Å². The first-order chi connectivity index (χ1) is 17.6. The summed E-state index contributed by atoms with van der Waals surface area (Å²) < 4.78 is 35.0. The Balaban J connectivity index is 2.26. The van der Waals surface area contributed by atoms with E-state index in [1.807, 2.05) is 11.1 Å². The fourth-order valence-electron chi connectivity index (χ4n) is 5.21. The van der Waals surface area contributed by atoms with E-state index >= 15 is 0 Å². The van der Waals surface area contributed by atoms with Crippen molar-refractivity contribution in [3.63, 3.8) is 0 Å². The lowest BCUT2D eigenvalue weighted by molar-refractivity contribution is -0.184. The average Bonchev–Trinajstić information content (AvgIpc) is 3.37. The van der Waals surface area contributed by atoms with Gasteiger partial charge in [0.15, 0.2) is 17.8 Å². The minimum atomic E-state index is -0.611. The van der Waals surface area contributed by atoms with Gasteiger partial charge in [0.2, 0.25) is 5.75 Å². The minimum Gasteiger partial charge on any atom is -0.493 e. The summed E-state index contributed by atoms with van der Waals surface area (Å²) in [4.78, 5) is 13.6. The lowest BCUT2D eigenvalue weighted by Gasteiger charge is -2.42. The van der Waals surface area contributed by atoms with Gasteiger partial charge in [-0.2, -0.15) is 0 Å². The van der Waals surface area contributed by atoms with E-state index in [2.05, 4.69) is 18.5 Å². The predicted molar refractivity (Wildman–Crippen MR) is 136 cm³/mol. The van der Waals surface area contributed by atoms with Crippen molar-refractivity contribution in [1.29, 1.82) is 0 Å². The largest absolute Gasteiger partial charge is 0.493 e. The first kappa shape index (κ1) is 28.2. The molecule has 0 aromatic heterocycles. The lowest BCUT2D eigenvalue weighted by Crippen LogP contribution is -2.51. The topological polar surface area (TPSA) is 78.9 Å². The number of ether oxygens (including phenoxy) is 6. The average molecular weight is 507 g/mol. The van der Waals surface area contributed by atoms with Crippen molar-refractivity contribution >= 4 is 5.91 Å². The summed E-state index contributed by atoms with van der Waals surface area (Å²) in [5.41, 5.74) is 1.57. The zero-order valence-corrected chi connectivity index (χ0v) is 22.4. The zero-order chi connectivity index (χ0) is 26.1. The van der Waals surface area contributed by atoms with Crippen LogP contribution in [0.4, 0.5) is 0 Å². The molecule has 36 heavy (non-hydrogen) atoms. The molecule has 0 radical (unpaired) electrons. The molecule has 2 saturated heterocycles. The highest BCUT2D eigenvalue weighted by Gasteiger charge is 2.40. The molecule has 1 amide bonds. The molecule has 1 aromatic carbocycles. The van der Waals surface area contributed by atoms with Crippen molar-refractivity contribution in [3.05, 3.63) is 29.8 Å². The van der Waals surface area contributed by atoms with Gasteiger partial charge in [0.05, 0.1) is 53.2 Å². The molecule has 0 bridgehead atoms. The number of benzene rings is 1. The molecule has 2 fully saturated rings. The first-order valence-electron chi connectivity index (χ1n) is 12.8. The van der Waals surface area contributed by atoms with E-state index in [9.17, 15) is 4.79 Å². The second kappa shape index (κ2) is 13.8. The van der Waals surface area contributed by atoms with Crippen molar-refractivity contribution in [2.24, 2.45) is 0 Å². The number of methoxy groups -OCH3 is 4. The summed E-state index contributed by atoms with van der Waals surface area (Å²) in [6.07, 6.45) is 6.08. The Morgan fingerprint density at radius 2 is 1.89 bits per heavy atom. The van der Waals surface area contributed by atoms with E-state index in [-0.39, 0.29) is 18.0 Å². The van der Waals surface area contributed by atoms with Gasteiger partial charge in [0.1, 0.15) is 0 Å². The van der Waals surface area contributed by atoms with Crippen LogP contribution < -0.4 is 14.2 Å². The number of hydrogen-bond acceptors (Lipinski definition) is 8. The molecule has 0 aliphatic carbocycles. The lowest BCUT2D eigenvalue weighted by atomic mass is 9.92. The molecule has 0 saturated carbocycles. The molecular weight excluding hydrogens is 464 g/mol. The SMILES string of the molecule is C=CC(=O)N([C@H](CCCC)c1c(C2OCCCO2)cc(OC)c(OC)c1OC)N1CCC[C@H]1COC. The molecule has 9 heteroatoms. The van der Waals surface area contributed by atoms with Crippen LogP contribution >= 0.6 is 0 Å². The molecule has 2 aliphatic heterocycles. The molecule has 0 spiro atoms. The Kier molecular flexibility index (Phi) is 10.9. The van der Waals surface area contributed by atoms with Crippen molar-refractivity contribution in [2.45, 2.75) is 63.8 Å². The first-order valence-corrected chi connectivity index (χ1v) is 12.8. The van der Waals surface area contributed by atoms with Gasteiger partial charge in [0.25, 0.3) is 5.91 Å². The van der Waals surface area contributed by atoms with Crippen LogP contribution in [0, 0.1) is 0 Å². The quantitative estimate of drug-likeness (QED) is 0.364. The molecule has 0 unspecified atom stereocenters. The number of carbonyl (C=O) groups excluding carboxylic acids is 1. The van der Waals surface area contributed by atoms with E-state index < -0.39 is 6.29 Å². The Bertz CT molecular complexity index is 872. The Morgan fingerprint density at radius 3 is 2.47 bits per heavy atom. The monoisotopic (exact) mass is 506 g/mol. The van der Waals surface area contributed by atoms with Crippen LogP contribution in [0.3, 0.4) is 0 Å². The molecule has 3 rings (SSSR count). The number of rotatable bonds is 13. The standard InChI is InChI=1S/C27H42N2O7/c1-7-9-13-21(29(23(30)8-2)28-14-10-12-19(28)18-31-3)24-20(27-35-15-11-16-36-27)17-22(32-4)25(33-5)26(24)34-6/h8,17,19,21,27H,2,7,9-16,18H2,1,3-6H3/t19-,21+/m0/s1. The minimum absolute atomic E-state index is 0.0831. The van der Waals surface area contributed by atoms with Crippen LogP contribution in [0.15, 0.2) is 18.7 Å². The number of hydrazine groups is 1. The third-order valence-electron chi connectivity index (χ3n) is 6.82. The molecule has 9 nitrogen and oxygen atoms in total. The number of unbranched alkanes of at least 4 members (excludes halogenated alkanes) is 1. The van der Waals surface area contributed by atoms with Crippen LogP contribution in [0.2, 0.25) is 0 Å². The maximum Gasteiger partial charge on any atom is 0.260 e. The Morgan fingerprint density at radius 1 is 1.17 bits per heavy atom. The molecule has 1 aromatic rings. The zero-order valence-electron chi connectivity index (χ0n) is 22.4. The summed E-state index contributed by atoms with van der Waals surface area (Å²) in [6, 6.07) is 1.60. The fraction of sp³-hybridized carbons (Fsp3) is 0.667. The highest BCUT2D eigenvalue weighted by Crippen LogP contribution is 2.50. The molecule has 2 heterocycles. The normalized spacial score (nSPS) is 19.6. The summed E-state index contributed by atoms with van der Waals surface area (Å²) in [7, 11) is 6.47. The Labute approximate surface area is 215 Å². The molecule has 0 N–H and O–H groups in total. The van der Waals surface area contributed by atoms with E-state index in [1.165, 1.54) is 6.08 Å². The van der Waals surface area contributed by atoms with Gasteiger partial charge in [-0.15, -0.1) is 0 Å². The maximum absolute atomic E-state index is 13.6. The highest BCUT2D eigenvalue weighted by atomic mass is 16.7. The van der Waals surface area contributed by atoms with Crippen molar-refractivity contribution in [3.8, 4) is 17.2 Å². The molecule has 2 atom stereocenters. The maximum atomic E-state index is 13.6. The number of amides is 1. The number of hydrogen-bond donors (Lipinski definition) is 0. The predicted octanol–water partition coefficient (Wildman–Crippen LogP) is 4.42. The van der Waals surface area contributed by atoms with Gasteiger partial charge in [-0.1, -0.05) is 26.3 Å². The molecular formula is C27H42N2O7. The van der Waals surface area contributed by atoms with Crippen LogP contribution in [0.25, 0.3) is 0 Å². The second-order valence-electron chi connectivity index (χ2n) is 9.03. The van der Waals surface area contributed by atoms with E-state index in [0.717, 1.165) is 49.8 Å². The van der Waals surface area contributed by atoms with Crippen LogP contribution in [0.1, 0.15) is 68.9 Å². The van der Waals surface area contributed by atoms with Crippen LogP contribution in [-0.4, -0.2) is 76.8 Å². The third-order valence-corrected chi connectivity index (χ3v) is 6.82. The van der Waals surface area contributed by atoms with E-state index in [4.69, 9.17) is 28.4 Å². The summed E-state index contributed by atoms with van der Waals surface area (Å²) in [6.45, 7) is 8.40. The smallest absolute Gasteiger partial charge is 0.260 e.